The SMILES string of the molecule is CC(=O)c1cc([N+](=O)[O-])ccc1N1CC(Br)CC1=O. The zero-order chi connectivity index (χ0) is 14.2. The maximum Gasteiger partial charge on any atom is 0.270 e. The largest absolute Gasteiger partial charge is 0.311 e. The lowest BCUT2D eigenvalue weighted by molar-refractivity contribution is -0.384. The van der Waals surface area contributed by atoms with Gasteiger partial charge in [0.1, 0.15) is 0 Å². The number of hydrogen-bond donors (Lipinski definition) is 0. The Morgan fingerprint density at radius 2 is 2.21 bits per heavy atom. The lowest BCUT2D eigenvalue weighted by Gasteiger charge is -2.18. The third-order valence-electron chi connectivity index (χ3n) is 2.94. The van der Waals surface area contributed by atoms with E-state index in [1.54, 1.807) is 0 Å². The lowest BCUT2D eigenvalue weighted by atomic mass is 10.1. The van der Waals surface area contributed by atoms with Crippen molar-refractivity contribution in [2.75, 3.05) is 11.4 Å². The number of anilines is 1. The number of nitro benzene ring substituents is 1. The predicted octanol–water partition coefficient (Wildman–Crippen LogP) is 2.30. The number of rotatable bonds is 3. The van der Waals surface area contributed by atoms with E-state index in [0.717, 1.165) is 0 Å². The van der Waals surface area contributed by atoms with Crippen LogP contribution in [0.3, 0.4) is 0 Å². The van der Waals surface area contributed by atoms with Gasteiger partial charge in [0, 0.05) is 35.5 Å². The maximum atomic E-state index is 11.8. The van der Waals surface area contributed by atoms with Gasteiger partial charge in [-0.1, -0.05) is 15.9 Å². The molecule has 2 rings (SSSR count). The number of halogens is 1. The second kappa shape index (κ2) is 5.08. The Hall–Kier alpha value is -1.76. The van der Waals surface area contributed by atoms with Crippen molar-refractivity contribution in [3.8, 4) is 0 Å². The summed E-state index contributed by atoms with van der Waals surface area (Å²) in [5.41, 5.74) is 0.477. The van der Waals surface area contributed by atoms with Crippen molar-refractivity contribution in [2.24, 2.45) is 0 Å². The quantitative estimate of drug-likeness (QED) is 0.369. The van der Waals surface area contributed by atoms with Crippen molar-refractivity contribution in [1.82, 2.24) is 0 Å². The molecule has 0 bridgehead atoms. The molecule has 1 aliphatic rings. The molecule has 1 fully saturated rings. The molecule has 1 atom stereocenters. The summed E-state index contributed by atoms with van der Waals surface area (Å²) >= 11 is 3.36. The molecule has 1 heterocycles. The van der Waals surface area contributed by atoms with E-state index < -0.39 is 4.92 Å². The zero-order valence-electron chi connectivity index (χ0n) is 10.1. The van der Waals surface area contributed by atoms with E-state index in [4.69, 9.17) is 0 Å². The number of alkyl halides is 1. The van der Waals surface area contributed by atoms with Gasteiger partial charge < -0.3 is 4.90 Å². The van der Waals surface area contributed by atoms with Crippen LogP contribution in [0.15, 0.2) is 18.2 Å². The summed E-state index contributed by atoms with van der Waals surface area (Å²) < 4.78 is 0. The van der Waals surface area contributed by atoms with Gasteiger partial charge in [-0.3, -0.25) is 19.7 Å². The molecule has 1 aromatic carbocycles. The number of carbonyl (C=O) groups is 2. The number of carbonyl (C=O) groups excluding carboxylic acids is 2. The molecule has 7 heteroatoms. The molecule has 1 unspecified atom stereocenters. The van der Waals surface area contributed by atoms with E-state index >= 15 is 0 Å². The highest BCUT2D eigenvalue weighted by Crippen LogP contribution is 2.31. The van der Waals surface area contributed by atoms with Gasteiger partial charge in [-0.25, -0.2) is 0 Å². The first-order valence-corrected chi connectivity index (χ1v) is 6.55. The molecular formula is C12H11BrN2O4. The molecule has 0 spiro atoms. The van der Waals surface area contributed by atoms with E-state index in [1.807, 2.05) is 0 Å². The number of nitro groups is 1. The summed E-state index contributed by atoms with van der Waals surface area (Å²) in [4.78, 5) is 35.1. The fourth-order valence-corrected chi connectivity index (χ4v) is 2.62. The van der Waals surface area contributed by atoms with Crippen molar-refractivity contribution in [1.29, 1.82) is 0 Å². The molecule has 6 nitrogen and oxygen atoms in total. The Labute approximate surface area is 117 Å². The Morgan fingerprint density at radius 3 is 2.68 bits per heavy atom. The zero-order valence-corrected chi connectivity index (χ0v) is 11.7. The number of nitrogens with zero attached hydrogens (tertiary/aromatic N) is 2. The van der Waals surface area contributed by atoms with E-state index in [9.17, 15) is 19.7 Å². The molecule has 0 aromatic heterocycles. The van der Waals surface area contributed by atoms with E-state index in [2.05, 4.69) is 15.9 Å². The van der Waals surface area contributed by atoms with Crippen LogP contribution in [0.4, 0.5) is 11.4 Å². The summed E-state index contributed by atoms with van der Waals surface area (Å²) in [5.74, 6) is -0.400. The van der Waals surface area contributed by atoms with Crippen LogP contribution >= 0.6 is 15.9 Å². The number of hydrogen-bond acceptors (Lipinski definition) is 4. The summed E-state index contributed by atoms with van der Waals surface area (Å²) in [6.07, 6.45) is 0.355. The highest BCUT2D eigenvalue weighted by Gasteiger charge is 2.31. The molecule has 1 amide bonds. The third kappa shape index (κ3) is 2.65. The fourth-order valence-electron chi connectivity index (χ4n) is 2.05. The standard InChI is InChI=1S/C12H11BrN2O4/c1-7(16)10-5-9(15(18)19)2-3-11(10)14-6-8(13)4-12(14)17/h2-3,5,8H,4,6H2,1H3. The topological polar surface area (TPSA) is 80.5 Å². The summed E-state index contributed by atoms with van der Waals surface area (Å²) in [6.45, 7) is 1.78. The van der Waals surface area contributed by atoms with Crippen LogP contribution < -0.4 is 4.90 Å². The van der Waals surface area contributed by atoms with Gasteiger partial charge in [0.25, 0.3) is 5.69 Å². The van der Waals surface area contributed by atoms with Crippen LogP contribution in [-0.2, 0) is 4.79 Å². The van der Waals surface area contributed by atoms with Gasteiger partial charge in [0.15, 0.2) is 5.78 Å². The average molecular weight is 327 g/mol. The van der Waals surface area contributed by atoms with Crippen LogP contribution in [0.25, 0.3) is 0 Å². The number of non-ortho nitro benzene ring substituents is 1. The van der Waals surface area contributed by atoms with Crippen molar-refractivity contribution in [2.45, 2.75) is 18.2 Å². The average Bonchev–Trinajstić information content (AvgIpc) is 2.67. The monoisotopic (exact) mass is 326 g/mol. The Balaban J connectivity index is 2.48. The molecule has 100 valence electrons. The summed E-state index contributed by atoms with van der Waals surface area (Å²) in [5, 5.41) is 10.7. The van der Waals surface area contributed by atoms with E-state index in [1.165, 1.54) is 30.0 Å². The predicted molar refractivity (Wildman–Crippen MR) is 72.8 cm³/mol. The van der Waals surface area contributed by atoms with Crippen molar-refractivity contribution >= 4 is 39.0 Å². The van der Waals surface area contributed by atoms with Crippen LogP contribution in [0.1, 0.15) is 23.7 Å². The maximum absolute atomic E-state index is 11.8. The van der Waals surface area contributed by atoms with E-state index in [-0.39, 0.29) is 27.8 Å². The number of ketones is 1. The first-order chi connectivity index (χ1) is 8.90. The van der Waals surface area contributed by atoms with Crippen LogP contribution in [-0.4, -0.2) is 28.0 Å². The Morgan fingerprint density at radius 1 is 1.53 bits per heavy atom. The smallest absolute Gasteiger partial charge is 0.270 e. The molecule has 0 radical (unpaired) electrons. The Kier molecular flexibility index (Phi) is 3.66. The molecule has 1 aromatic rings. The van der Waals surface area contributed by atoms with Gasteiger partial charge in [-0.2, -0.15) is 0 Å². The first-order valence-electron chi connectivity index (χ1n) is 5.64. The van der Waals surface area contributed by atoms with Gasteiger partial charge in [0.2, 0.25) is 5.91 Å². The number of benzene rings is 1. The van der Waals surface area contributed by atoms with Crippen LogP contribution in [0.2, 0.25) is 0 Å². The molecule has 0 aliphatic carbocycles. The van der Waals surface area contributed by atoms with Crippen LogP contribution in [0, 0.1) is 10.1 Å². The highest BCUT2D eigenvalue weighted by molar-refractivity contribution is 9.09. The van der Waals surface area contributed by atoms with E-state index in [0.29, 0.717) is 18.7 Å². The molecule has 0 saturated carbocycles. The van der Waals surface area contributed by atoms with Gasteiger partial charge >= 0.3 is 0 Å². The van der Waals surface area contributed by atoms with Crippen molar-refractivity contribution in [3.05, 3.63) is 33.9 Å². The normalized spacial score (nSPS) is 18.7. The van der Waals surface area contributed by atoms with Gasteiger partial charge in [-0.05, 0) is 13.0 Å². The molecular weight excluding hydrogens is 316 g/mol. The third-order valence-corrected chi connectivity index (χ3v) is 3.55. The second-order valence-corrected chi connectivity index (χ2v) is 5.62. The molecule has 1 saturated heterocycles. The van der Waals surface area contributed by atoms with Crippen molar-refractivity contribution < 1.29 is 14.5 Å². The van der Waals surface area contributed by atoms with Crippen molar-refractivity contribution in [3.63, 3.8) is 0 Å². The Bertz CT molecular complexity index is 573. The van der Waals surface area contributed by atoms with Gasteiger partial charge in [0.05, 0.1) is 10.6 Å². The molecule has 1 aliphatic heterocycles. The highest BCUT2D eigenvalue weighted by atomic mass is 79.9. The second-order valence-electron chi connectivity index (χ2n) is 4.32. The summed E-state index contributed by atoms with van der Waals surface area (Å²) in [6, 6.07) is 3.97. The molecule has 19 heavy (non-hydrogen) atoms. The summed E-state index contributed by atoms with van der Waals surface area (Å²) in [7, 11) is 0. The minimum absolute atomic E-state index is 0.0370. The molecule has 0 N–H and O–H groups in total. The first kappa shape index (κ1) is 13.7. The lowest BCUT2D eigenvalue weighted by Crippen LogP contribution is -2.26. The minimum atomic E-state index is -0.560. The number of amides is 1. The van der Waals surface area contributed by atoms with Crippen LogP contribution in [0.5, 0.6) is 0 Å². The fraction of sp³-hybridized carbons (Fsp3) is 0.333. The van der Waals surface area contributed by atoms with Gasteiger partial charge in [-0.15, -0.1) is 0 Å². The minimum Gasteiger partial charge on any atom is -0.311 e. The number of Topliss-reactive ketones (excluding diaryl/α,β-unsaturated/α-hetero) is 1.